The van der Waals surface area contributed by atoms with Gasteiger partial charge in [-0.05, 0) is 6.92 Å². The number of fused-ring (bicyclic) bond motifs is 1. The summed E-state index contributed by atoms with van der Waals surface area (Å²) in [4.78, 5) is 0. The Bertz CT molecular complexity index is 469. The van der Waals surface area contributed by atoms with Crippen LogP contribution in [0.3, 0.4) is 0 Å². The fourth-order valence-corrected chi connectivity index (χ4v) is 3.02. The summed E-state index contributed by atoms with van der Waals surface area (Å²) < 4.78 is 27.4. The Labute approximate surface area is 94.3 Å². The van der Waals surface area contributed by atoms with E-state index >= 15 is 0 Å². The van der Waals surface area contributed by atoms with Gasteiger partial charge in [-0.15, -0.1) is 10.2 Å². The number of nitrogens with two attached hydrogens (primary N) is 1. The van der Waals surface area contributed by atoms with Crippen LogP contribution in [0.1, 0.15) is 12.7 Å². The molecule has 1 aliphatic rings. The number of sulfonamides is 1. The third-order valence-corrected chi connectivity index (χ3v) is 5.04. The molecule has 1 aromatic rings. The van der Waals surface area contributed by atoms with Gasteiger partial charge in [0.15, 0.2) is 0 Å². The molecule has 1 aliphatic heterocycles. The molecule has 0 bridgehead atoms. The fourth-order valence-electron chi connectivity index (χ4n) is 1.64. The summed E-state index contributed by atoms with van der Waals surface area (Å²) >= 11 is 0. The normalized spacial score (nSPS) is 19.4. The number of hydrogen-bond acceptors (Lipinski definition) is 5. The molecular weight excluding hydrogens is 230 g/mol. The van der Waals surface area contributed by atoms with Crippen LogP contribution in [0.5, 0.6) is 0 Å². The maximum atomic E-state index is 12.0. The molecule has 2 heterocycles. The van der Waals surface area contributed by atoms with Gasteiger partial charge in [0.05, 0.1) is 11.8 Å². The van der Waals surface area contributed by atoms with Gasteiger partial charge in [-0.3, -0.25) is 0 Å². The van der Waals surface area contributed by atoms with Crippen molar-refractivity contribution in [1.29, 1.82) is 0 Å². The Kier molecular flexibility index (Phi) is 2.96. The van der Waals surface area contributed by atoms with Crippen molar-refractivity contribution in [2.24, 2.45) is 5.73 Å². The number of rotatable bonds is 3. The third-order valence-electron chi connectivity index (χ3n) is 2.80. The first-order valence-electron chi connectivity index (χ1n) is 5.11. The molecule has 0 amide bonds. The van der Waals surface area contributed by atoms with E-state index < -0.39 is 15.3 Å². The Hall–Kier alpha value is -0.990. The van der Waals surface area contributed by atoms with Crippen LogP contribution in [-0.4, -0.2) is 45.8 Å². The van der Waals surface area contributed by atoms with E-state index in [1.807, 2.05) is 4.57 Å². The molecule has 2 N–H and O–H groups in total. The summed E-state index contributed by atoms with van der Waals surface area (Å²) in [7, 11) is -3.31. The van der Waals surface area contributed by atoms with E-state index in [9.17, 15) is 8.42 Å². The molecule has 0 fully saturated rings. The first-order valence-corrected chi connectivity index (χ1v) is 6.61. The van der Waals surface area contributed by atoms with Crippen LogP contribution in [0.15, 0.2) is 6.33 Å². The van der Waals surface area contributed by atoms with Crippen molar-refractivity contribution in [2.45, 2.75) is 25.3 Å². The lowest BCUT2D eigenvalue weighted by molar-refractivity contribution is 0.332. The molecule has 0 aromatic carbocycles. The predicted molar refractivity (Wildman–Crippen MR) is 57.9 cm³/mol. The smallest absolute Gasteiger partial charge is 0.218 e. The lowest BCUT2D eigenvalue weighted by atomic mass is 10.4. The lowest BCUT2D eigenvalue weighted by Gasteiger charge is -2.28. The lowest BCUT2D eigenvalue weighted by Crippen LogP contribution is -2.44. The quantitative estimate of drug-likeness (QED) is 0.719. The van der Waals surface area contributed by atoms with Crippen molar-refractivity contribution >= 4 is 10.0 Å². The monoisotopic (exact) mass is 245 g/mol. The maximum Gasteiger partial charge on any atom is 0.218 e. The first kappa shape index (κ1) is 11.5. The van der Waals surface area contributed by atoms with Crippen molar-refractivity contribution in [3.05, 3.63) is 12.2 Å². The molecular formula is C8H15N5O2S. The van der Waals surface area contributed by atoms with Crippen molar-refractivity contribution < 1.29 is 8.42 Å². The molecule has 0 spiro atoms. The molecule has 0 saturated heterocycles. The minimum absolute atomic E-state index is 0.130. The highest BCUT2D eigenvalue weighted by Crippen LogP contribution is 2.16. The van der Waals surface area contributed by atoms with E-state index in [0.29, 0.717) is 18.9 Å². The van der Waals surface area contributed by atoms with Crippen LogP contribution in [-0.2, 0) is 23.1 Å². The molecule has 1 atom stereocenters. The molecule has 16 heavy (non-hydrogen) atoms. The van der Waals surface area contributed by atoms with Crippen LogP contribution in [0.4, 0.5) is 0 Å². The van der Waals surface area contributed by atoms with Gasteiger partial charge >= 0.3 is 0 Å². The van der Waals surface area contributed by atoms with Gasteiger partial charge in [-0.25, -0.2) is 8.42 Å². The second-order valence-corrected chi connectivity index (χ2v) is 6.22. The number of hydrogen-bond donors (Lipinski definition) is 1. The van der Waals surface area contributed by atoms with E-state index in [-0.39, 0.29) is 13.1 Å². The largest absolute Gasteiger partial charge is 0.329 e. The predicted octanol–water partition coefficient (Wildman–Crippen LogP) is -1.23. The second kappa shape index (κ2) is 4.11. The summed E-state index contributed by atoms with van der Waals surface area (Å²) in [6, 6.07) is 0. The average Bonchev–Trinajstić information content (AvgIpc) is 2.74. The molecule has 0 saturated carbocycles. The molecule has 8 heteroatoms. The van der Waals surface area contributed by atoms with E-state index in [4.69, 9.17) is 5.73 Å². The summed E-state index contributed by atoms with van der Waals surface area (Å²) in [6.45, 7) is 3.09. The Morgan fingerprint density at radius 1 is 1.56 bits per heavy atom. The van der Waals surface area contributed by atoms with Gasteiger partial charge in [-0.2, -0.15) is 4.31 Å². The minimum atomic E-state index is -3.31. The van der Waals surface area contributed by atoms with E-state index in [2.05, 4.69) is 10.2 Å². The Morgan fingerprint density at radius 3 is 3.00 bits per heavy atom. The van der Waals surface area contributed by atoms with Gasteiger partial charge in [0.25, 0.3) is 0 Å². The van der Waals surface area contributed by atoms with Crippen LogP contribution in [0.2, 0.25) is 0 Å². The standard InChI is InChI=1S/C8H15N5O2S/c1-7(4-9)16(14,15)13-3-2-12-6-10-11-8(12)5-13/h6-7H,2-5,9H2,1H3. The molecule has 0 aliphatic carbocycles. The van der Waals surface area contributed by atoms with Gasteiger partial charge in [0, 0.05) is 19.6 Å². The summed E-state index contributed by atoms with van der Waals surface area (Å²) in [5, 5.41) is 7.08. The zero-order valence-electron chi connectivity index (χ0n) is 9.07. The van der Waals surface area contributed by atoms with Gasteiger partial charge in [-0.1, -0.05) is 0 Å². The summed E-state index contributed by atoms with van der Waals surface area (Å²) in [6.07, 6.45) is 1.62. The topological polar surface area (TPSA) is 94.1 Å². The zero-order valence-corrected chi connectivity index (χ0v) is 9.89. The van der Waals surface area contributed by atoms with E-state index in [1.165, 1.54) is 4.31 Å². The molecule has 0 radical (unpaired) electrons. The van der Waals surface area contributed by atoms with E-state index in [1.54, 1.807) is 13.3 Å². The van der Waals surface area contributed by atoms with Crippen molar-refractivity contribution in [2.75, 3.05) is 13.1 Å². The number of nitrogens with zero attached hydrogens (tertiary/aromatic N) is 4. The van der Waals surface area contributed by atoms with Crippen LogP contribution >= 0.6 is 0 Å². The highest BCUT2D eigenvalue weighted by molar-refractivity contribution is 7.89. The van der Waals surface area contributed by atoms with Crippen molar-refractivity contribution in [3.63, 3.8) is 0 Å². The maximum absolute atomic E-state index is 12.0. The SMILES string of the molecule is CC(CN)S(=O)(=O)N1CCn2cnnc2C1. The van der Waals surface area contributed by atoms with Crippen LogP contribution in [0, 0.1) is 0 Å². The van der Waals surface area contributed by atoms with Gasteiger partial charge in [0.1, 0.15) is 12.2 Å². The molecule has 2 rings (SSSR count). The van der Waals surface area contributed by atoms with Crippen LogP contribution < -0.4 is 5.73 Å². The molecule has 90 valence electrons. The Balaban J connectivity index is 2.21. The first-order chi connectivity index (χ1) is 7.55. The average molecular weight is 245 g/mol. The second-order valence-electron chi connectivity index (χ2n) is 3.87. The van der Waals surface area contributed by atoms with E-state index in [0.717, 1.165) is 0 Å². The fraction of sp³-hybridized carbons (Fsp3) is 0.750. The summed E-state index contributed by atoms with van der Waals surface area (Å²) in [5.74, 6) is 0.680. The highest BCUT2D eigenvalue weighted by atomic mass is 32.2. The van der Waals surface area contributed by atoms with Crippen molar-refractivity contribution in [3.8, 4) is 0 Å². The van der Waals surface area contributed by atoms with Crippen molar-refractivity contribution in [1.82, 2.24) is 19.1 Å². The van der Waals surface area contributed by atoms with Gasteiger partial charge < -0.3 is 10.3 Å². The summed E-state index contributed by atoms with van der Waals surface area (Å²) in [5.41, 5.74) is 5.40. The minimum Gasteiger partial charge on any atom is -0.329 e. The Morgan fingerprint density at radius 2 is 2.31 bits per heavy atom. The number of aromatic nitrogens is 3. The molecule has 1 aromatic heterocycles. The molecule has 1 unspecified atom stereocenters. The molecule has 7 nitrogen and oxygen atoms in total. The highest BCUT2D eigenvalue weighted by Gasteiger charge is 2.31. The van der Waals surface area contributed by atoms with Gasteiger partial charge in [0.2, 0.25) is 10.0 Å². The zero-order chi connectivity index (χ0) is 11.8. The van der Waals surface area contributed by atoms with Crippen LogP contribution in [0.25, 0.3) is 0 Å². The third kappa shape index (κ3) is 1.83.